The highest BCUT2D eigenvalue weighted by atomic mass is 15.2. The third-order valence-electron chi connectivity index (χ3n) is 6.04. The van der Waals surface area contributed by atoms with Crippen LogP contribution >= 0.6 is 0 Å². The minimum Gasteiger partial charge on any atom is -0.317 e. The summed E-state index contributed by atoms with van der Waals surface area (Å²) in [6, 6.07) is 3.42. The van der Waals surface area contributed by atoms with E-state index < -0.39 is 0 Å². The molecule has 3 unspecified atom stereocenters. The third-order valence-corrected chi connectivity index (χ3v) is 6.04. The van der Waals surface area contributed by atoms with E-state index in [4.69, 9.17) is 0 Å². The topological polar surface area (TPSA) is 15.3 Å². The molecule has 0 amide bonds. The molecule has 0 aromatic carbocycles. The van der Waals surface area contributed by atoms with E-state index in [1.54, 1.807) is 0 Å². The minimum absolute atomic E-state index is 0.580. The van der Waals surface area contributed by atoms with Crippen molar-refractivity contribution >= 4 is 0 Å². The Hall–Kier alpha value is -0.0800. The van der Waals surface area contributed by atoms with E-state index in [-0.39, 0.29) is 0 Å². The molecule has 2 aliphatic heterocycles. The van der Waals surface area contributed by atoms with Crippen LogP contribution in [0.1, 0.15) is 71.6 Å². The lowest BCUT2D eigenvalue weighted by Gasteiger charge is -2.54. The SMILES string of the molecule is CNC1CC2CCCC(C1)N2C1CCCC(C)(C)C1. The zero-order valence-electron chi connectivity index (χ0n) is 13.1. The minimum atomic E-state index is 0.580. The van der Waals surface area contributed by atoms with Crippen molar-refractivity contribution in [1.82, 2.24) is 10.2 Å². The Morgan fingerprint density at radius 2 is 1.58 bits per heavy atom. The van der Waals surface area contributed by atoms with Gasteiger partial charge < -0.3 is 5.32 Å². The molecule has 1 N–H and O–H groups in total. The molecule has 1 aliphatic carbocycles. The van der Waals surface area contributed by atoms with Gasteiger partial charge in [-0.05, 0) is 57.4 Å². The molecular formula is C17H32N2. The van der Waals surface area contributed by atoms with Crippen molar-refractivity contribution < 1.29 is 0 Å². The second-order valence-electron chi connectivity index (χ2n) is 8.06. The maximum atomic E-state index is 3.55. The first kappa shape index (κ1) is 13.9. The normalized spacial score (nSPS) is 43.1. The van der Waals surface area contributed by atoms with E-state index in [0.717, 1.165) is 24.2 Å². The summed E-state index contributed by atoms with van der Waals surface area (Å²) in [6.07, 6.45) is 12.9. The van der Waals surface area contributed by atoms with Gasteiger partial charge >= 0.3 is 0 Å². The van der Waals surface area contributed by atoms with Crippen molar-refractivity contribution in [1.29, 1.82) is 0 Å². The molecule has 0 radical (unpaired) electrons. The Labute approximate surface area is 119 Å². The molecule has 3 atom stereocenters. The van der Waals surface area contributed by atoms with Crippen LogP contribution in [-0.4, -0.2) is 36.1 Å². The lowest BCUT2D eigenvalue weighted by Crippen LogP contribution is -2.60. The van der Waals surface area contributed by atoms with Crippen LogP contribution in [-0.2, 0) is 0 Å². The zero-order valence-corrected chi connectivity index (χ0v) is 13.1. The Balaban J connectivity index is 1.73. The summed E-state index contributed by atoms with van der Waals surface area (Å²) in [6.45, 7) is 4.96. The molecule has 0 aromatic rings. The average molecular weight is 264 g/mol. The van der Waals surface area contributed by atoms with Crippen LogP contribution in [0.25, 0.3) is 0 Å². The molecule has 3 aliphatic rings. The fourth-order valence-electron chi connectivity index (χ4n) is 5.16. The first-order valence-corrected chi connectivity index (χ1v) is 8.54. The summed E-state index contributed by atoms with van der Waals surface area (Å²) < 4.78 is 0. The Kier molecular flexibility index (Phi) is 3.92. The van der Waals surface area contributed by atoms with Crippen molar-refractivity contribution in [2.45, 2.75) is 95.8 Å². The largest absolute Gasteiger partial charge is 0.317 e. The molecular weight excluding hydrogens is 232 g/mol. The van der Waals surface area contributed by atoms with Crippen LogP contribution in [0.4, 0.5) is 0 Å². The highest BCUT2D eigenvalue weighted by Gasteiger charge is 2.43. The molecule has 19 heavy (non-hydrogen) atoms. The second kappa shape index (κ2) is 5.37. The Morgan fingerprint density at radius 1 is 0.947 bits per heavy atom. The van der Waals surface area contributed by atoms with Gasteiger partial charge in [-0.25, -0.2) is 0 Å². The van der Waals surface area contributed by atoms with Gasteiger partial charge in [0.1, 0.15) is 0 Å². The van der Waals surface area contributed by atoms with Crippen LogP contribution < -0.4 is 5.32 Å². The van der Waals surface area contributed by atoms with E-state index in [1.807, 2.05) is 0 Å². The first-order valence-electron chi connectivity index (χ1n) is 8.54. The second-order valence-corrected chi connectivity index (χ2v) is 8.06. The molecule has 2 saturated heterocycles. The number of fused-ring (bicyclic) bond motifs is 2. The van der Waals surface area contributed by atoms with E-state index in [0.29, 0.717) is 5.41 Å². The highest BCUT2D eigenvalue weighted by Crippen LogP contribution is 2.43. The van der Waals surface area contributed by atoms with E-state index >= 15 is 0 Å². The number of nitrogens with zero attached hydrogens (tertiary/aromatic N) is 1. The molecule has 0 spiro atoms. The highest BCUT2D eigenvalue weighted by molar-refractivity contribution is 4.99. The number of hydrogen-bond acceptors (Lipinski definition) is 2. The summed E-state index contributed by atoms with van der Waals surface area (Å²) >= 11 is 0. The van der Waals surface area contributed by atoms with Gasteiger partial charge in [0.25, 0.3) is 0 Å². The van der Waals surface area contributed by atoms with Crippen LogP contribution in [0, 0.1) is 5.41 Å². The average Bonchev–Trinajstić information content (AvgIpc) is 2.36. The standard InChI is InChI=1S/C17H32N2/c1-17(2)9-5-8-16(12-17)19-14-6-4-7-15(19)11-13(10-14)18-3/h13-16,18H,4-12H2,1-3H3. The molecule has 2 bridgehead atoms. The van der Waals surface area contributed by atoms with Gasteiger partial charge in [-0.1, -0.05) is 26.7 Å². The summed E-state index contributed by atoms with van der Waals surface area (Å²) in [5.41, 5.74) is 0.580. The third kappa shape index (κ3) is 2.85. The van der Waals surface area contributed by atoms with Gasteiger partial charge in [0.05, 0.1) is 0 Å². The van der Waals surface area contributed by atoms with Crippen molar-refractivity contribution in [2.24, 2.45) is 5.41 Å². The van der Waals surface area contributed by atoms with Gasteiger partial charge in [-0.15, -0.1) is 0 Å². The lowest BCUT2D eigenvalue weighted by molar-refractivity contribution is -0.0373. The van der Waals surface area contributed by atoms with Gasteiger partial charge in [0, 0.05) is 24.2 Å². The smallest absolute Gasteiger partial charge is 0.0116 e. The van der Waals surface area contributed by atoms with E-state index in [1.165, 1.54) is 57.8 Å². The van der Waals surface area contributed by atoms with Crippen LogP contribution in [0.3, 0.4) is 0 Å². The van der Waals surface area contributed by atoms with Crippen molar-refractivity contribution in [3.63, 3.8) is 0 Å². The number of piperidine rings is 2. The Morgan fingerprint density at radius 3 is 2.16 bits per heavy atom. The molecule has 0 aromatic heterocycles. The summed E-state index contributed by atoms with van der Waals surface area (Å²) in [4.78, 5) is 2.98. The molecule has 110 valence electrons. The molecule has 2 heterocycles. The molecule has 2 nitrogen and oxygen atoms in total. The fourth-order valence-corrected chi connectivity index (χ4v) is 5.16. The fraction of sp³-hybridized carbons (Fsp3) is 1.00. The number of hydrogen-bond donors (Lipinski definition) is 1. The zero-order chi connectivity index (χ0) is 13.5. The Bertz CT molecular complexity index is 298. The van der Waals surface area contributed by atoms with Gasteiger partial charge in [0.15, 0.2) is 0 Å². The monoisotopic (exact) mass is 264 g/mol. The quantitative estimate of drug-likeness (QED) is 0.820. The van der Waals surface area contributed by atoms with Crippen molar-refractivity contribution in [3.8, 4) is 0 Å². The van der Waals surface area contributed by atoms with Crippen LogP contribution in [0.2, 0.25) is 0 Å². The predicted molar refractivity (Wildman–Crippen MR) is 81.4 cm³/mol. The van der Waals surface area contributed by atoms with Crippen molar-refractivity contribution in [2.75, 3.05) is 7.05 Å². The summed E-state index contributed by atoms with van der Waals surface area (Å²) in [5.74, 6) is 0. The molecule has 1 saturated carbocycles. The maximum absolute atomic E-state index is 3.55. The lowest BCUT2D eigenvalue weighted by atomic mass is 9.72. The maximum Gasteiger partial charge on any atom is 0.0116 e. The van der Waals surface area contributed by atoms with Crippen molar-refractivity contribution in [3.05, 3.63) is 0 Å². The molecule has 3 fully saturated rings. The van der Waals surface area contributed by atoms with Crippen LogP contribution in [0.5, 0.6) is 0 Å². The van der Waals surface area contributed by atoms with Gasteiger partial charge in [-0.3, -0.25) is 4.90 Å². The van der Waals surface area contributed by atoms with Crippen LogP contribution in [0.15, 0.2) is 0 Å². The number of nitrogens with one attached hydrogen (secondary N) is 1. The molecule has 2 heteroatoms. The molecule has 3 rings (SSSR count). The summed E-state index contributed by atoms with van der Waals surface area (Å²) in [7, 11) is 2.15. The first-order chi connectivity index (χ1) is 9.09. The van der Waals surface area contributed by atoms with Gasteiger partial charge in [0.2, 0.25) is 0 Å². The van der Waals surface area contributed by atoms with E-state index in [2.05, 4.69) is 31.1 Å². The summed E-state index contributed by atoms with van der Waals surface area (Å²) in [5, 5.41) is 3.55. The van der Waals surface area contributed by atoms with E-state index in [9.17, 15) is 0 Å². The van der Waals surface area contributed by atoms with Gasteiger partial charge in [-0.2, -0.15) is 0 Å². The number of rotatable bonds is 2. The predicted octanol–water partition coefficient (Wildman–Crippen LogP) is 3.56.